The summed E-state index contributed by atoms with van der Waals surface area (Å²) in [5.41, 5.74) is 12.8. The van der Waals surface area contributed by atoms with Crippen molar-refractivity contribution in [1.29, 1.82) is 0 Å². The molecular formula is C41H48N4O6. The molecule has 268 valence electrons. The summed E-state index contributed by atoms with van der Waals surface area (Å²) < 4.78 is 13.1. The van der Waals surface area contributed by atoms with Crippen LogP contribution in [0.15, 0.2) is 97.1 Å². The zero-order valence-electron chi connectivity index (χ0n) is 28.9. The highest BCUT2D eigenvalue weighted by Gasteiger charge is 2.35. The Labute approximate surface area is 299 Å². The molecule has 0 aromatic heterocycles. The SMILES string of the molecule is Nc1ccccc1NC(=O)CCCC(=O)NCc1cccc(-c2ccc([C@H]3O[C@@H](CN4CCC[C@H]4CO)C[C@@H](c4ccc(CO)cc4)O3)cc2)c1. The van der Waals surface area contributed by atoms with E-state index in [1.165, 1.54) is 0 Å². The van der Waals surface area contributed by atoms with Crippen LogP contribution in [0.25, 0.3) is 11.1 Å². The Morgan fingerprint density at radius 1 is 0.824 bits per heavy atom. The molecule has 6 N–H and O–H groups in total. The minimum Gasteiger partial charge on any atom is -0.397 e. The van der Waals surface area contributed by atoms with Crippen LogP contribution in [0.2, 0.25) is 0 Å². The normalized spacial score (nSPS) is 20.6. The number of nitrogens with one attached hydrogen (secondary N) is 2. The Morgan fingerprint density at radius 3 is 2.35 bits per heavy atom. The Hall–Kier alpha value is -4.58. The fourth-order valence-electron chi connectivity index (χ4n) is 6.85. The molecule has 2 saturated heterocycles. The van der Waals surface area contributed by atoms with Crippen LogP contribution in [-0.2, 0) is 32.2 Å². The third-order valence-electron chi connectivity index (χ3n) is 9.74. The van der Waals surface area contributed by atoms with E-state index >= 15 is 0 Å². The average molecular weight is 693 g/mol. The molecule has 0 saturated carbocycles. The third kappa shape index (κ3) is 9.81. The van der Waals surface area contributed by atoms with Crippen LogP contribution in [0.1, 0.15) is 73.2 Å². The summed E-state index contributed by atoms with van der Waals surface area (Å²) in [7, 11) is 0. The molecule has 0 aliphatic carbocycles. The van der Waals surface area contributed by atoms with Gasteiger partial charge in [0.1, 0.15) is 0 Å². The van der Waals surface area contributed by atoms with Gasteiger partial charge < -0.3 is 36.1 Å². The quantitative estimate of drug-likeness (QED) is 0.103. The van der Waals surface area contributed by atoms with Crippen molar-refractivity contribution in [3.63, 3.8) is 0 Å². The summed E-state index contributed by atoms with van der Waals surface area (Å²) in [5.74, 6) is -0.283. The lowest BCUT2D eigenvalue weighted by molar-refractivity contribution is -0.253. The van der Waals surface area contributed by atoms with E-state index in [1.807, 2.05) is 60.7 Å². The van der Waals surface area contributed by atoms with Gasteiger partial charge in [0.05, 0.1) is 36.8 Å². The van der Waals surface area contributed by atoms with Crippen molar-refractivity contribution in [2.24, 2.45) is 0 Å². The van der Waals surface area contributed by atoms with Gasteiger partial charge in [-0.05, 0) is 71.8 Å². The number of anilines is 2. The van der Waals surface area contributed by atoms with Gasteiger partial charge in [0.25, 0.3) is 0 Å². The van der Waals surface area contributed by atoms with Crippen molar-refractivity contribution in [2.75, 3.05) is 30.7 Å². The Morgan fingerprint density at radius 2 is 1.59 bits per heavy atom. The number of para-hydroxylation sites is 2. The maximum atomic E-state index is 12.5. The molecule has 10 heteroatoms. The van der Waals surface area contributed by atoms with E-state index in [-0.39, 0.29) is 56.1 Å². The number of aliphatic hydroxyl groups is 2. The number of nitrogens with two attached hydrogens (primary N) is 1. The van der Waals surface area contributed by atoms with Gasteiger partial charge in [0.15, 0.2) is 6.29 Å². The molecule has 10 nitrogen and oxygen atoms in total. The van der Waals surface area contributed by atoms with Crippen LogP contribution in [0.4, 0.5) is 11.4 Å². The maximum absolute atomic E-state index is 12.5. The van der Waals surface area contributed by atoms with Gasteiger partial charge >= 0.3 is 0 Å². The van der Waals surface area contributed by atoms with Gasteiger partial charge in [-0.1, -0.05) is 78.9 Å². The van der Waals surface area contributed by atoms with E-state index in [9.17, 15) is 19.8 Å². The third-order valence-corrected chi connectivity index (χ3v) is 9.74. The molecule has 2 amide bonds. The molecule has 0 unspecified atom stereocenters. The van der Waals surface area contributed by atoms with E-state index in [4.69, 9.17) is 15.2 Å². The number of carbonyl (C=O) groups is 2. The number of hydrogen-bond acceptors (Lipinski definition) is 8. The van der Waals surface area contributed by atoms with E-state index in [0.717, 1.165) is 59.3 Å². The molecule has 51 heavy (non-hydrogen) atoms. The van der Waals surface area contributed by atoms with E-state index in [2.05, 4.69) is 33.7 Å². The Bertz CT molecular complexity index is 1750. The van der Waals surface area contributed by atoms with Crippen molar-refractivity contribution in [3.05, 3.63) is 119 Å². The number of benzene rings is 4. The lowest BCUT2D eigenvalue weighted by Crippen LogP contribution is -2.42. The number of hydrogen-bond donors (Lipinski definition) is 5. The van der Waals surface area contributed by atoms with Gasteiger partial charge in [-0.3, -0.25) is 14.5 Å². The first-order chi connectivity index (χ1) is 24.9. The molecule has 2 aliphatic heterocycles. The summed E-state index contributed by atoms with van der Waals surface area (Å²) in [6, 6.07) is 31.4. The van der Waals surface area contributed by atoms with Gasteiger partial charge in [-0.25, -0.2) is 0 Å². The number of carbonyl (C=O) groups excluding carboxylic acids is 2. The first-order valence-electron chi connectivity index (χ1n) is 17.8. The second kappa shape index (κ2) is 17.6. The van der Waals surface area contributed by atoms with Crippen LogP contribution in [0, 0.1) is 0 Å². The van der Waals surface area contributed by atoms with Crippen molar-refractivity contribution >= 4 is 23.2 Å². The summed E-state index contributed by atoms with van der Waals surface area (Å²) in [6.07, 6.45) is 2.88. The highest BCUT2D eigenvalue weighted by Crippen LogP contribution is 2.39. The van der Waals surface area contributed by atoms with Crippen LogP contribution in [0.3, 0.4) is 0 Å². The fourth-order valence-corrected chi connectivity index (χ4v) is 6.85. The van der Waals surface area contributed by atoms with E-state index in [1.54, 1.807) is 18.2 Å². The summed E-state index contributed by atoms with van der Waals surface area (Å²) in [6.45, 7) is 2.22. The summed E-state index contributed by atoms with van der Waals surface area (Å²) >= 11 is 0. The standard InChI is InChI=1S/C41H48N4O6/c42-36-9-1-2-10-37(36)44-40(49)12-4-11-39(48)43-24-29-6-3-7-33(22-29)30-17-19-32(20-18-30)41-50-35(25-45-21-5-8-34(45)27-47)23-38(51-41)31-15-13-28(26-46)14-16-31/h1-3,6-7,9-10,13-20,22,34-35,38,41,46-47H,4-5,8,11-12,21,23-27,42H2,(H,43,48)(H,44,49)/t34-,35+,38-,41-/m0/s1. The zero-order valence-corrected chi connectivity index (χ0v) is 28.9. The lowest BCUT2D eigenvalue weighted by Gasteiger charge is -2.38. The molecule has 2 aliphatic rings. The number of nitrogen functional groups attached to an aromatic ring is 1. The van der Waals surface area contributed by atoms with Gasteiger partial charge in [-0.15, -0.1) is 0 Å². The van der Waals surface area contributed by atoms with E-state index < -0.39 is 6.29 Å². The lowest BCUT2D eigenvalue weighted by atomic mass is 9.98. The summed E-state index contributed by atoms with van der Waals surface area (Å²) in [5, 5.41) is 25.2. The number of amides is 2. The molecular weight excluding hydrogens is 644 g/mol. The summed E-state index contributed by atoms with van der Waals surface area (Å²) in [4.78, 5) is 27.1. The van der Waals surface area contributed by atoms with Gasteiger partial charge in [-0.2, -0.15) is 0 Å². The number of aliphatic hydroxyl groups excluding tert-OH is 2. The van der Waals surface area contributed by atoms with Crippen molar-refractivity contribution in [3.8, 4) is 11.1 Å². The topological polar surface area (TPSA) is 146 Å². The largest absolute Gasteiger partial charge is 0.397 e. The second-order valence-corrected chi connectivity index (χ2v) is 13.4. The fraction of sp³-hybridized carbons (Fsp3) is 0.366. The number of likely N-dealkylation sites (tertiary alicyclic amines) is 1. The minimum absolute atomic E-state index is 0.00441. The predicted molar refractivity (Wildman–Crippen MR) is 197 cm³/mol. The van der Waals surface area contributed by atoms with Crippen LogP contribution in [0.5, 0.6) is 0 Å². The maximum Gasteiger partial charge on any atom is 0.224 e. The molecule has 2 heterocycles. The van der Waals surface area contributed by atoms with E-state index in [0.29, 0.717) is 30.8 Å². The molecule has 0 radical (unpaired) electrons. The average Bonchev–Trinajstić information content (AvgIpc) is 3.62. The highest BCUT2D eigenvalue weighted by atomic mass is 16.7. The van der Waals surface area contributed by atoms with Crippen LogP contribution in [-0.4, -0.2) is 58.8 Å². The Kier molecular flexibility index (Phi) is 12.5. The van der Waals surface area contributed by atoms with Crippen LogP contribution < -0.4 is 16.4 Å². The smallest absolute Gasteiger partial charge is 0.224 e. The van der Waals surface area contributed by atoms with Gasteiger partial charge in [0.2, 0.25) is 11.8 Å². The van der Waals surface area contributed by atoms with Gasteiger partial charge in [0, 0.05) is 44.0 Å². The molecule has 0 spiro atoms. The van der Waals surface area contributed by atoms with Crippen LogP contribution >= 0.6 is 0 Å². The first-order valence-corrected chi connectivity index (χ1v) is 17.8. The second-order valence-electron chi connectivity index (χ2n) is 13.4. The Balaban J connectivity index is 1.04. The van der Waals surface area contributed by atoms with Crippen molar-refractivity contribution < 1.29 is 29.3 Å². The first kappa shape index (κ1) is 36.2. The molecule has 0 bridgehead atoms. The van der Waals surface area contributed by atoms with Crippen molar-refractivity contribution in [2.45, 2.75) is 76.2 Å². The predicted octanol–water partition coefficient (Wildman–Crippen LogP) is 5.86. The monoisotopic (exact) mass is 692 g/mol. The number of rotatable bonds is 14. The molecule has 4 aromatic rings. The van der Waals surface area contributed by atoms with Crippen molar-refractivity contribution in [1.82, 2.24) is 10.2 Å². The minimum atomic E-state index is -0.556. The highest BCUT2D eigenvalue weighted by molar-refractivity contribution is 5.94. The zero-order chi connectivity index (χ0) is 35.6. The number of nitrogens with zero attached hydrogens (tertiary/aromatic N) is 1. The number of ether oxygens (including phenoxy) is 2. The molecule has 4 atom stereocenters. The molecule has 6 rings (SSSR count). The molecule has 2 fully saturated rings. The molecule has 4 aromatic carbocycles.